The van der Waals surface area contributed by atoms with E-state index in [2.05, 4.69) is 9.44 Å². The topological polar surface area (TPSA) is 92.3 Å². The highest BCUT2D eigenvalue weighted by atomic mass is 32.2. The summed E-state index contributed by atoms with van der Waals surface area (Å²) in [5.41, 5.74) is 0.361. The highest BCUT2D eigenvalue weighted by Crippen LogP contribution is 2.20. The maximum Gasteiger partial charge on any atom is 0.261 e. The maximum absolute atomic E-state index is 13.1. The van der Waals surface area contributed by atoms with Gasteiger partial charge < -0.3 is 0 Å². The SMILES string of the molecule is CS(=O)(=O)Nc1cccc(NS(=O)(=O)c2cccc(F)c2)c1. The normalized spacial score (nSPS) is 11.9. The van der Waals surface area contributed by atoms with Crippen molar-refractivity contribution in [2.24, 2.45) is 0 Å². The molecule has 0 aliphatic rings. The molecule has 2 rings (SSSR count). The average molecular weight is 344 g/mol. The van der Waals surface area contributed by atoms with Crippen LogP contribution in [0.3, 0.4) is 0 Å². The molecule has 2 aromatic rings. The van der Waals surface area contributed by atoms with Crippen LogP contribution in [0.15, 0.2) is 53.4 Å². The van der Waals surface area contributed by atoms with Crippen molar-refractivity contribution in [3.63, 3.8) is 0 Å². The van der Waals surface area contributed by atoms with Gasteiger partial charge in [-0.25, -0.2) is 21.2 Å². The van der Waals surface area contributed by atoms with Gasteiger partial charge in [0.25, 0.3) is 10.0 Å². The lowest BCUT2D eigenvalue weighted by atomic mass is 10.3. The Labute approximate surface area is 128 Å². The van der Waals surface area contributed by atoms with E-state index in [-0.39, 0.29) is 16.3 Å². The Hall–Kier alpha value is -2.13. The number of halogens is 1. The Kier molecular flexibility index (Phi) is 4.38. The fraction of sp³-hybridized carbons (Fsp3) is 0.0769. The molecular weight excluding hydrogens is 331 g/mol. The van der Waals surface area contributed by atoms with Gasteiger partial charge in [-0.1, -0.05) is 12.1 Å². The van der Waals surface area contributed by atoms with Crippen molar-refractivity contribution >= 4 is 31.4 Å². The molecule has 0 amide bonds. The van der Waals surface area contributed by atoms with E-state index in [1.54, 1.807) is 0 Å². The Balaban J connectivity index is 2.29. The summed E-state index contributed by atoms with van der Waals surface area (Å²) in [5.74, 6) is -0.671. The first-order valence-electron chi connectivity index (χ1n) is 6.02. The third-order valence-corrected chi connectivity index (χ3v) is 4.51. The van der Waals surface area contributed by atoms with Crippen molar-refractivity contribution in [3.05, 3.63) is 54.3 Å². The molecule has 2 N–H and O–H groups in total. The first-order chi connectivity index (χ1) is 10.2. The van der Waals surface area contributed by atoms with Gasteiger partial charge in [0, 0.05) is 0 Å². The van der Waals surface area contributed by atoms with E-state index in [0.717, 1.165) is 18.4 Å². The van der Waals surface area contributed by atoms with Gasteiger partial charge in [-0.05, 0) is 36.4 Å². The van der Waals surface area contributed by atoms with Crippen LogP contribution in [0.1, 0.15) is 0 Å². The molecule has 6 nitrogen and oxygen atoms in total. The standard InChI is InChI=1S/C13H13FN2O4S2/c1-21(17,18)15-11-5-3-6-12(9-11)16-22(19,20)13-7-2-4-10(14)8-13/h2-9,15-16H,1H3. The predicted molar refractivity (Wildman–Crippen MR) is 82.1 cm³/mol. The smallest absolute Gasteiger partial charge is 0.261 e. The van der Waals surface area contributed by atoms with Crippen LogP contribution in [0.5, 0.6) is 0 Å². The minimum Gasteiger partial charge on any atom is -0.284 e. The summed E-state index contributed by atoms with van der Waals surface area (Å²) >= 11 is 0. The summed E-state index contributed by atoms with van der Waals surface area (Å²) in [6.07, 6.45) is 0.983. The second kappa shape index (κ2) is 5.93. The Morgan fingerprint density at radius 2 is 1.45 bits per heavy atom. The molecule has 0 bridgehead atoms. The van der Waals surface area contributed by atoms with E-state index < -0.39 is 25.9 Å². The van der Waals surface area contributed by atoms with Gasteiger partial charge in [0.1, 0.15) is 5.82 Å². The molecule has 0 radical (unpaired) electrons. The first-order valence-corrected chi connectivity index (χ1v) is 9.39. The number of nitrogens with one attached hydrogen (secondary N) is 2. The molecule has 0 atom stereocenters. The Morgan fingerprint density at radius 3 is 2.05 bits per heavy atom. The van der Waals surface area contributed by atoms with Gasteiger partial charge in [-0.15, -0.1) is 0 Å². The Bertz CT molecular complexity index is 896. The molecule has 0 spiro atoms. The van der Waals surface area contributed by atoms with Gasteiger partial charge in [0.15, 0.2) is 0 Å². The molecule has 0 aliphatic carbocycles. The van der Waals surface area contributed by atoms with Crippen LogP contribution in [0, 0.1) is 5.82 Å². The van der Waals surface area contributed by atoms with Gasteiger partial charge in [-0.2, -0.15) is 0 Å². The molecule has 0 aliphatic heterocycles. The largest absolute Gasteiger partial charge is 0.284 e. The van der Waals surface area contributed by atoms with E-state index in [1.807, 2.05) is 0 Å². The van der Waals surface area contributed by atoms with Crippen LogP contribution in [0.2, 0.25) is 0 Å². The molecule has 0 unspecified atom stereocenters. The summed E-state index contributed by atoms with van der Waals surface area (Å²) in [6.45, 7) is 0. The fourth-order valence-corrected chi connectivity index (χ4v) is 3.34. The third kappa shape index (κ3) is 4.43. The van der Waals surface area contributed by atoms with Crippen LogP contribution in [-0.2, 0) is 20.0 Å². The van der Waals surface area contributed by atoms with Crippen molar-refractivity contribution < 1.29 is 21.2 Å². The Morgan fingerprint density at radius 1 is 0.864 bits per heavy atom. The molecule has 118 valence electrons. The number of sulfonamides is 2. The highest BCUT2D eigenvalue weighted by molar-refractivity contribution is 7.92. The van der Waals surface area contributed by atoms with E-state index in [9.17, 15) is 21.2 Å². The number of hydrogen-bond donors (Lipinski definition) is 2. The molecule has 0 heterocycles. The molecule has 9 heteroatoms. The van der Waals surface area contributed by atoms with Crippen molar-refractivity contribution in [2.45, 2.75) is 4.90 Å². The van der Waals surface area contributed by atoms with Crippen LogP contribution in [-0.4, -0.2) is 23.1 Å². The lowest BCUT2D eigenvalue weighted by Crippen LogP contribution is -2.14. The predicted octanol–water partition coefficient (Wildman–Crippen LogP) is 2.00. The number of rotatable bonds is 5. The summed E-state index contributed by atoms with van der Waals surface area (Å²) < 4.78 is 64.2. The van der Waals surface area contributed by atoms with E-state index in [0.29, 0.717) is 0 Å². The van der Waals surface area contributed by atoms with Crippen molar-refractivity contribution in [2.75, 3.05) is 15.7 Å². The minimum atomic E-state index is -3.96. The van der Waals surface area contributed by atoms with Crippen LogP contribution in [0.4, 0.5) is 15.8 Å². The van der Waals surface area contributed by atoms with E-state index in [4.69, 9.17) is 0 Å². The molecular formula is C13H13FN2O4S2. The van der Waals surface area contributed by atoms with E-state index >= 15 is 0 Å². The van der Waals surface area contributed by atoms with E-state index in [1.165, 1.54) is 36.4 Å². The molecule has 0 aromatic heterocycles. The van der Waals surface area contributed by atoms with Gasteiger partial charge >= 0.3 is 0 Å². The second-order valence-electron chi connectivity index (χ2n) is 4.52. The van der Waals surface area contributed by atoms with Crippen LogP contribution < -0.4 is 9.44 Å². The zero-order valence-electron chi connectivity index (χ0n) is 11.4. The van der Waals surface area contributed by atoms with Crippen molar-refractivity contribution in [1.82, 2.24) is 0 Å². The number of anilines is 2. The quantitative estimate of drug-likeness (QED) is 0.868. The molecule has 2 aromatic carbocycles. The fourth-order valence-electron chi connectivity index (χ4n) is 1.71. The molecule has 0 saturated heterocycles. The highest BCUT2D eigenvalue weighted by Gasteiger charge is 2.15. The van der Waals surface area contributed by atoms with Gasteiger partial charge in [0.2, 0.25) is 10.0 Å². The summed E-state index contributed by atoms with van der Waals surface area (Å²) in [4.78, 5) is -0.228. The lowest BCUT2D eigenvalue weighted by molar-refractivity contribution is 0.595. The van der Waals surface area contributed by atoms with Crippen molar-refractivity contribution in [3.8, 4) is 0 Å². The summed E-state index contributed by atoms with van der Waals surface area (Å²) in [7, 11) is -7.44. The number of hydrogen-bond acceptors (Lipinski definition) is 4. The molecule has 0 saturated carbocycles. The van der Waals surface area contributed by atoms with Gasteiger partial charge in [0.05, 0.1) is 22.5 Å². The zero-order valence-corrected chi connectivity index (χ0v) is 13.1. The summed E-state index contributed by atoms with van der Waals surface area (Å²) in [6, 6.07) is 10.3. The maximum atomic E-state index is 13.1. The van der Waals surface area contributed by atoms with Crippen molar-refractivity contribution in [1.29, 1.82) is 0 Å². The summed E-state index contributed by atoms with van der Waals surface area (Å²) in [5, 5.41) is 0. The monoisotopic (exact) mass is 344 g/mol. The first kappa shape index (κ1) is 16.2. The number of benzene rings is 2. The van der Waals surface area contributed by atoms with Crippen LogP contribution >= 0.6 is 0 Å². The van der Waals surface area contributed by atoms with Gasteiger partial charge in [-0.3, -0.25) is 9.44 Å². The minimum absolute atomic E-state index is 0.151. The van der Waals surface area contributed by atoms with Crippen LogP contribution in [0.25, 0.3) is 0 Å². The zero-order chi connectivity index (χ0) is 16.4. The lowest BCUT2D eigenvalue weighted by Gasteiger charge is -2.10. The second-order valence-corrected chi connectivity index (χ2v) is 7.95. The average Bonchev–Trinajstić information content (AvgIpc) is 2.36. The third-order valence-electron chi connectivity index (χ3n) is 2.52. The molecule has 0 fully saturated rings. The molecule has 22 heavy (non-hydrogen) atoms.